The smallest absolute Gasteiger partial charge is 0.0948 e. The molecule has 2 unspecified atom stereocenters. The van der Waals surface area contributed by atoms with Crippen LogP contribution in [0.4, 0.5) is 0 Å². The van der Waals surface area contributed by atoms with Crippen molar-refractivity contribution in [2.75, 3.05) is 6.61 Å². The van der Waals surface area contributed by atoms with Gasteiger partial charge in [0.1, 0.15) is 0 Å². The average Bonchev–Trinajstić information content (AvgIpc) is 2.95. The predicted octanol–water partition coefficient (Wildman–Crippen LogP) is 2.59. The van der Waals surface area contributed by atoms with E-state index in [0.717, 1.165) is 26.1 Å². The van der Waals surface area contributed by atoms with Crippen molar-refractivity contribution in [3.05, 3.63) is 18.2 Å². The molecule has 2 atom stereocenters. The molecule has 1 saturated heterocycles. The highest BCUT2D eigenvalue weighted by atomic mass is 16.5. The minimum atomic E-state index is 0.136. The van der Waals surface area contributed by atoms with Crippen molar-refractivity contribution in [1.29, 1.82) is 0 Å². The van der Waals surface area contributed by atoms with Gasteiger partial charge in [0.15, 0.2) is 0 Å². The number of hydrogen-bond donors (Lipinski definition) is 1. The first-order chi connectivity index (χ1) is 8.99. The van der Waals surface area contributed by atoms with Crippen LogP contribution in [0.15, 0.2) is 12.5 Å². The summed E-state index contributed by atoms with van der Waals surface area (Å²) in [6.07, 6.45) is 6.61. The lowest BCUT2D eigenvalue weighted by Gasteiger charge is -2.22. The van der Waals surface area contributed by atoms with Crippen molar-refractivity contribution in [3.8, 4) is 0 Å². The van der Waals surface area contributed by atoms with Crippen molar-refractivity contribution in [2.24, 2.45) is 5.92 Å². The molecule has 19 heavy (non-hydrogen) atoms. The van der Waals surface area contributed by atoms with Crippen molar-refractivity contribution >= 4 is 0 Å². The molecular weight excluding hydrogens is 238 g/mol. The lowest BCUT2D eigenvalue weighted by molar-refractivity contribution is 0.0832. The Morgan fingerprint density at radius 3 is 2.95 bits per heavy atom. The predicted molar refractivity (Wildman–Crippen MR) is 77.0 cm³/mol. The number of aromatic nitrogens is 2. The summed E-state index contributed by atoms with van der Waals surface area (Å²) in [5, 5.41) is 3.52. The van der Waals surface area contributed by atoms with Crippen LogP contribution in [0.25, 0.3) is 0 Å². The summed E-state index contributed by atoms with van der Waals surface area (Å²) >= 11 is 0. The summed E-state index contributed by atoms with van der Waals surface area (Å²) in [6.45, 7) is 11.6. The molecule has 0 saturated carbocycles. The van der Waals surface area contributed by atoms with Gasteiger partial charge in [0, 0.05) is 37.4 Å². The van der Waals surface area contributed by atoms with Crippen molar-refractivity contribution < 1.29 is 4.74 Å². The van der Waals surface area contributed by atoms with Gasteiger partial charge >= 0.3 is 0 Å². The summed E-state index contributed by atoms with van der Waals surface area (Å²) < 4.78 is 8.05. The highest BCUT2D eigenvalue weighted by molar-refractivity contribution is 4.99. The number of ether oxygens (including phenoxy) is 1. The van der Waals surface area contributed by atoms with Gasteiger partial charge < -0.3 is 14.6 Å². The fourth-order valence-electron chi connectivity index (χ4n) is 2.62. The molecule has 0 bridgehead atoms. The summed E-state index contributed by atoms with van der Waals surface area (Å²) in [6, 6.07) is 0. The first-order valence-corrected chi connectivity index (χ1v) is 7.35. The Kier molecular flexibility index (Phi) is 4.63. The van der Waals surface area contributed by atoms with Gasteiger partial charge in [0.25, 0.3) is 0 Å². The molecule has 1 aromatic heterocycles. The van der Waals surface area contributed by atoms with Crippen LogP contribution in [0.2, 0.25) is 0 Å². The molecular formula is C15H27N3O. The second-order valence-corrected chi connectivity index (χ2v) is 6.51. The van der Waals surface area contributed by atoms with Gasteiger partial charge in [-0.1, -0.05) is 6.92 Å². The summed E-state index contributed by atoms with van der Waals surface area (Å²) in [7, 11) is 0. The fraction of sp³-hybridized carbons (Fsp3) is 0.800. The van der Waals surface area contributed by atoms with E-state index >= 15 is 0 Å². The quantitative estimate of drug-likeness (QED) is 0.889. The normalized spacial score (nSPS) is 24.0. The molecule has 1 fully saturated rings. The van der Waals surface area contributed by atoms with E-state index in [0.29, 0.717) is 12.0 Å². The zero-order valence-corrected chi connectivity index (χ0v) is 12.6. The molecule has 0 spiro atoms. The maximum Gasteiger partial charge on any atom is 0.0948 e. The summed E-state index contributed by atoms with van der Waals surface area (Å²) in [4.78, 5) is 4.30. The number of nitrogens with one attached hydrogen (secondary N) is 1. The standard InChI is InChI=1S/C15H27N3O/c1-5-14-12(6-7-19-14)10-18-11-16-8-13(18)9-17-15(2,3)4/h8,11-12,14,17H,5-7,9-10H2,1-4H3. The number of imidazole rings is 1. The Bertz CT molecular complexity index is 394. The van der Waals surface area contributed by atoms with Crippen LogP contribution in [0, 0.1) is 5.92 Å². The second kappa shape index (κ2) is 6.06. The van der Waals surface area contributed by atoms with Gasteiger partial charge in [-0.25, -0.2) is 4.98 Å². The number of nitrogens with zero attached hydrogens (tertiary/aromatic N) is 2. The van der Waals surface area contributed by atoms with Crippen LogP contribution in [-0.4, -0.2) is 27.8 Å². The third kappa shape index (κ3) is 4.05. The Balaban J connectivity index is 1.95. The maximum atomic E-state index is 5.77. The van der Waals surface area contributed by atoms with Crippen LogP contribution >= 0.6 is 0 Å². The summed E-state index contributed by atoms with van der Waals surface area (Å²) in [5.41, 5.74) is 1.40. The zero-order valence-electron chi connectivity index (χ0n) is 12.6. The highest BCUT2D eigenvalue weighted by Gasteiger charge is 2.27. The lowest BCUT2D eigenvalue weighted by Crippen LogP contribution is -2.35. The Morgan fingerprint density at radius 2 is 2.26 bits per heavy atom. The molecule has 0 amide bonds. The minimum absolute atomic E-state index is 0.136. The van der Waals surface area contributed by atoms with Crippen molar-refractivity contribution in [2.45, 2.75) is 65.3 Å². The van der Waals surface area contributed by atoms with Crippen LogP contribution in [0.3, 0.4) is 0 Å². The fourth-order valence-corrected chi connectivity index (χ4v) is 2.62. The Hall–Kier alpha value is -0.870. The van der Waals surface area contributed by atoms with Crippen LogP contribution in [-0.2, 0) is 17.8 Å². The van der Waals surface area contributed by atoms with E-state index in [1.807, 2.05) is 12.5 Å². The molecule has 108 valence electrons. The van der Waals surface area contributed by atoms with Crippen LogP contribution < -0.4 is 5.32 Å². The van der Waals surface area contributed by atoms with Gasteiger partial charge in [-0.3, -0.25) is 0 Å². The SMILES string of the molecule is CCC1OCCC1Cn1cncc1CNC(C)(C)C. The third-order valence-corrected chi connectivity index (χ3v) is 3.78. The average molecular weight is 265 g/mol. The zero-order chi connectivity index (χ0) is 13.9. The molecule has 0 aromatic carbocycles. The molecule has 2 heterocycles. The molecule has 1 N–H and O–H groups in total. The monoisotopic (exact) mass is 265 g/mol. The van der Waals surface area contributed by atoms with Gasteiger partial charge in [-0.05, 0) is 33.6 Å². The topological polar surface area (TPSA) is 39.1 Å². The Morgan fingerprint density at radius 1 is 1.47 bits per heavy atom. The van der Waals surface area contributed by atoms with Crippen LogP contribution in [0.1, 0.15) is 46.2 Å². The molecule has 4 heteroatoms. The van der Waals surface area contributed by atoms with E-state index in [9.17, 15) is 0 Å². The van der Waals surface area contributed by atoms with E-state index in [-0.39, 0.29) is 5.54 Å². The molecule has 0 radical (unpaired) electrons. The molecule has 1 aliphatic heterocycles. The van der Waals surface area contributed by atoms with E-state index in [2.05, 4.69) is 42.6 Å². The third-order valence-electron chi connectivity index (χ3n) is 3.78. The van der Waals surface area contributed by atoms with Gasteiger partial charge in [0.05, 0.1) is 18.1 Å². The number of hydrogen-bond acceptors (Lipinski definition) is 3. The second-order valence-electron chi connectivity index (χ2n) is 6.51. The van der Waals surface area contributed by atoms with Crippen molar-refractivity contribution in [3.63, 3.8) is 0 Å². The van der Waals surface area contributed by atoms with E-state index in [4.69, 9.17) is 4.74 Å². The van der Waals surface area contributed by atoms with E-state index in [1.165, 1.54) is 12.1 Å². The molecule has 4 nitrogen and oxygen atoms in total. The summed E-state index contributed by atoms with van der Waals surface area (Å²) in [5.74, 6) is 0.632. The van der Waals surface area contributed by atoms with Gasteiger partial charge in [-0.2, -0.15) is 0 Å². The molecule has 0 aliphatic carbocycles. The Labute approximate surface area is 116 Å². The first kappa shape index (κ1) is 14.5. The molecule has 1 aromatic rings. The number of rotatable bonds is 5. The highest BCUT2D eigenvalue weighted by Crippen LogP contribution is 2.25. The van der Waals surface area contributed by atoms with Gasteiger partial charge in [-0.15, -0.1) is 0 Å². The van der Waals surface area contributed by atoms with E-state index in [1.54, 1.807) is 0 Å². The van der Waals surface area contributed by atoms with Crippen LogP contribution in [0.5, 0.6) is 0 Å². The lowest BCUT2D eigenvalue weighted by atomic mass is 9.99. The van der Waals surface area contributed by atoms with E-state index < -0.39 is 0 Å². The molecule has 2 rings (SSSR count). The van der Waals surface area contributed by atoms with Crippen molar-refractivity contribution in [1.82, 2.24) is 14.9 Å². The first-order valence-electron chi connectivity index (χ1n) is 7.35. The maximum absolute atomic E-state index is 5.77. The van der Waals surface area contributed by atoms with Gasteiger partial charge in [0.2, 0.25) is 0 Å². The molecule has 1 aliphatic rings. The minimum Gasteiger partial charge on any atom is -0.378 e. The largest absolute Gasteiger partial charge is 0.378 e.